The lowest BCUT2D eigenvalue weighted by atomic mass is 10.0. The van der Waals surface area contributed by atoms with Gasteiger partial charge in [-0.3, -0.25) is 4.57 Å². The summed E-state index contributed by atoms with van der Waals surface area (Å²) in [7, 11) is 4.38. The van der Waals surface area contributed by atoms with Gasteiger partial charge in [0.2, 0.25) is 0 Å². The zero-order chi connectivity index (χ0) is 24.1. The highest BCUT2D eigenvalue weighted by Crippen LogP contribution is 2.36. The number of nitriles is 1. The third kappa shape index (κ3) is 3.82. The molecule has 176 valence electrons. The zero-order valence-electron chi connectivity index (χ0n) is 20.6. The normalized spacial score (nSPS) is 15.3. The summed E-state index contributed by atoms with van der Waals surface area (Å²) in [5.41, 5.74) is 8.86. The summed E-state index contributed by atoms with van der Waals surface area (Å²) in [5, 5.41) is 9.15. The Kier molecular flexibility index (Phi) is 5.23. The highest BCUT2D eigenvalue weighted by atomic mass is 15.2. The number of aryl methyl sites for hydroxylation is 1. The quantitative estimate of drug-likeness (QED) is 0.375. The number of fused-ring (bicyclic) bond motifs is 5. The van der Waals surface area contributed by atoms with E-state index in [-0.39, 0.29) is 0 Å². The van der Waals surface area contributed by atoms with Crippen LogP contribution in [0.1, 0.15) is 29.7 Å². The molecule has 2 aliphatic rings. The fourth-order valence-corrected chi connectivity index (χ4v) is 5.54. The maximum Gasteiger partial charge on any atom is 0.161 e. The van der Waals surface area contributed by atoms with Crippen LogP contribution in [0.15, 0.2) is 60.9 Å². The first-order valence-electron chi connectivity index (χ1n) is 12.3. The van der Waals surface area contributed by atoms with Crippen molar-refractivity contribution in [2.45, 2.75) is 32.4 Å². The van der Waals surface area contributed by atoms with E-state index in [1.807, 2.05) is 24.3 Å². The van der Waals surface area contributed by atoms with Crippen molar-refractivity contribution in [3.8, 4) is 34.4 Å². The van der Waals surface area contributed by atoms with Gasteiger partial charge in [0, 0.05) is 49.3 Å². The topological polar surface area (TPSA) is 53.0 Å². The van der Waals surface area contributed by atoms with Gasteiger partial charge in [-0.1, -0.05) is 12.1 Å². The van der Waals surface area contributed by atoms with Gasteiger partial charge >= 0.3 is 0 Å². The second-order valence-electron chi connectivity index (χ2n) is 10.0. The first kappa shape index (κ1) is 21.7. The molecule has 0 N–H and O–H groups in total. The number of benzene rings is 2. The van der Waals surface area contributed by atoms with Crippen molar-refractivity contribution in [2.75, 3.05) is 32.1 Å². The van der Waals surface area contributed by atoms with Gasteiger partial charge in [-0.15, -0.1) is 0 Å². The molecule has 0 amide bonds. The molecule has 0 radical (unpaired) electrons. The predicted octanol–water partition coefficient (Wildman–Crippen LogP) is 5.08. The molecule has 0 atom stereocenters. The van der Waals surface area contributed by atoms with E-state index < -0.39 is 0 Å². The van der Waals surface area contributed by atoms with E-state index in [2.05, 4.69) is 82.7 Å². The van der Waals surface area contributed by atoms with Gasteiger partial charge in [0.25, 0.3) is 0 Å². The minimum absolute atomic E-state index is 0.673. The number of nitrogens with zero attached hydrogens (tertiary/aromatic N) is 6. The molecule has 2 aromatic heterocycles. The SMILES string of the molecule is Cc1cn2c(n1)-c1cc(-c3ccc(C#N)cc3)cn1Cc1cc(N3CCC(N(C)C)CC3)ccc1-2. The molecule has 35 heavy (non-hydrogen) atoms. The monoisotopic (exact) mass is 462 g/mol. The first-order chi connectivity index (χ1) is 17.0. The molecule has 6 rings (SSSR count). The van der Waals surface area contributed by atoms with E-state index in [9.17, 15) is 0 Å². The Morgan fingerprint density at radius 2 is 1.74 bits per heavy atom. The number of anilines is 1. The van der Waals surface area contributed by atoms with Crippen LogP contribution >= 0.6 is 0 Å². The number of aromatic nitrogens is 3. The average Bonchev–Trinajstić information content (AvgIpc) is 3.44. The van der Waals surface area contributed by atoms with Crippen LogP contribution in [0.25, 0.3) is 28.3 Å². The van der Waals surface area contributed by atoms with Gasteiger partial charge in [-0.25, -0.2) is 4.98 Å². The van der Waals surface area contributed by atoms with Crippen molar-refractivity contribution in [1.29, 1.82) is 5.26 Å². The van der Waals surface area contributed by atoms with Crippen LogP contribution < -0.4 is 4.90 Å². The molecule has 1 fully saturated rings. The Morgan fingerprint density at radius 1 is 0.971 bits per heavy atom. The maximum atomic E-state index is 9.15. The lowest BCUT2D eigenvalue weighted by Gasteiger charge is -2.36. The highest BCUT2D eigenvalue weighted by Gasteiger charge is 2.25. The Morgan fingerprint density at radius 3 is 2.46 bits per heavy atom. The predicted molar refractivity (Wildman–Crippen MR) is 140 cm³/mol. The zero-order valence-corrected chi connectivity index (χ0v) is 20.6. The summed E-state index contributed by atoms with van der Waals surface area (Å²) in [6.07, 6.45) is 6.76. The fourth-order valence-electron chi connectivity index (χ4n) is 5.54. The molecular weight excluding hydrogens is 432 g/mol. The summed E-state index contributed by atoms with van der Waals surface area (Å²) in [4.78, 5) is 9.80. The summed E-state index contributed by atoms with van der Waals surface area (Å²) < 4.78 is 4.56. The van der Waals surface area contributed by atoms with E-state index in [0.29, 0.717) is 11.6 Å². The van der Waals surface area contributed by atoms with Gasteiger partial charge in [-0.05, 0) is 81.4 Å². The molecular formula is C29H30N6. The molecule has 1 saturated heterocycles. The largest absolute Gasteiger partial charge is 0.371 e. The minimum Gasteiger partial charge on any atom is -0.371 e. The average molecular weight is 463 g/mol. The Hall–Kier alpha value is -3.82. The van der Waals surface area contributed by atoms with Crippen molar-refractivity contribution in [2.24, 2.45) is 0 Å². The van der Waals surface area contributed by atoms with E-state index in [4.69, 9.17) is 10.2 Å². The number of piperidine rings is 1. The lowest BCUT2D eigenvalue weighted by molar-refractivity contribution is 0.249. The van der Waals surface area contributed by atoms with Gasteiger partial charge in [0.15, 0.2) is 5.82 Å². The summed E-state index contributed by atoms with van der Waals surface area (Å²) in [5.74, 6) is 0.973. The van der Waals surface area contributed by atoms with E-state index in [1.54, 1.807) is 0 Å². The Balaban J connectivity index is 1.39. The van der Waals surface area contributed by atoms with E-state index >= 15 is 0 Å². The second-order valence-corrected chi connectivity index (χ2v) is 10.0. The summed E-state index contributed by atoms with van der Waals surface area (Å²) in [6.45, 7) is 5.04. The van der Waals surface area contributed by atoms with Crippen LogP contribution in [0.4, 0.5) is 5.69 Å². The molecule has 4 heterocycles. The number of rotatable bonds is 3. The van der Waals surface area contributed by atoms with Crippen molar-refractivity contribution in [3.63, 3.8) is 0 Å². The molecule has 6 heteroatoms. The summed E-state index contributed by atoms with van der Waals surface area (Å²) >= 11 is 0. The second kappa shape index (κ2) is 8.44. The third-order valence-corrected chi connectivity index (χ3v) is 7.52. The maximum absolute atomic E-state index is 9.15. The van der Waals surface area contributed by atoms with Crippen LogP contribution in [0.5, 0.6) is 0 Å². The van der Waals surface area contributed by atoms with Crippen LogP contribution in [0.2, 0.25) is 0 Å². The van der Waals surface area contributed by atoms with E-state index in [0.717, 1.165) is 48.0 Å². The molecule has 6 nitrogen and oxygen atoms in total. The minimum atomic E-state index is 0.673. The molecule has 0 saturated carbocycles. The van der Waals surface area contributed by atoms with Gasteiger partial charge in [-0.2, -0.15) is 5.26 Å². The molecule has 0 unspecified atom stereocenters. The third-order valence-electron chi connectivity index (χ3n) is 7.52. The fraction of sp³-hybridized carbons (Fsp3) is 0.310. The van der Waals surface area contributed by atoms with Crippen LogP contribution in [-0.2, 0) is 6.54 Å². The van der Waals surface area contributed by atoms with Crippen molar-refractivity contribution >= 4 is 5.69 Å². The molecule has 2 aliphatic heterocycles. The number of hydrogen-bond donors (Lipinski definition) is 0. The first-order valence-corrected chi connectivity index (χ1v) is 12.3. The van der Waals surface area contributed by atoms with Crippen molar-refractivity contribution in [1.82, 2.24) is 19.0 Å². The Bertz CT molecular complexity index is 1430. The number of imidazole rings is 1. The molecule has 0 spiro atoms. The molecule has 2 aromatic carbocycles. The van der Waals surface area contributed by atoms with Crippen LogP contribution in [0, 0.1) is 18.3 Å². The summed E-state index contributed by atoms with van der Waals surface area (Å²) in [6, 6.07) is 19.8. The van der Waals surface area contributed by atoms with Crippen molar-refractivity contribution < 1.29 is 0 Å². The molecule has 0 aliphatic carbocycles. The number of hydrogen-bond acceptors (Lipinski definition) is 4. The Labute approximate surface area is 206 Å². The van der Waals surface area contributed by atoms with Crippen LogP contribution in [-0.4, -0.2) is 52.2 Å². The lowest BCUT2D eigenvalue weighted by Crippen LogP contribution is -2.42. The molecule has 4 aromatic rings. The molecule has 0 bridgehead atoms. The van der Waals surface area contributed by atoms with Crippen molar-refractivity contribution in [3.05, 3.63) is 77.7 Å². The van der Waals surface area contributed by atoms with Gasteiger partial charge in [0.05, 0.1) is 28.7 Å². The highest BCUT2D eigenvalue weighted by molar-refractivity contribution is 5.72. The van der Waals surface area contributed by atoms with E-state index in [1.165, 1.54) is 29.8 Å². The van der Waals surface area contributed by atoms with Crippen LogP contribution in [0.3, 0.4) is 0 Å². The van der Waals surface area contributed by atoms with Gasteiger partial charge in [0.1, 0.15) is 0 Å². The van der Waals surface area contributed by atoms with Gasteiger partial charge < -0.3 is 14.4 Å². The standard InChI is InChI=1S/C29H30N6/c1-20-17-35-27-9-8-26(33-12-10-25(11-13-33)32(2)3)14-24(27)19-34-18-23(15-28(34)29(35)31-20)22-6-4-21(16-30)5-7-22/h4-9,14-15,17-18,25H,10-13,19H2,1-3H3. The smallest absolute Gasteiger partial charge is 0.161 e.